The van der Waals surface area contributed by atoms with Gasteiger partial charge in [-0.05, 0) is 49.9 Å². The molecule has 0 saturated heterocycles. The van der Waals surface area contributed by atoms with Crippen LogP contribution in [-0.2, 0) is 38.1 Å². The molecular formula is C27H32O10. The number of benzene rings is 1. The fourth-order valence-electron chi connectivity index (χ4n) is 3.39. The number of carbonyl (C=O) groups is 4. The Kier molecular flexibility index (Phi) is 12.6. The van der Waals surface area contributed by atoms with E-state index in [-0.39, 0.29) is 32.0 Å². The molecule has 0 radical (unpaired) electrons. The van der Waals surface area contributed by atoms with Crippen LogP contribution in [0.5, 0.6) is 5.75 Å². The van der Waals surface area contributed by atoms with E-state index in [0.717, 1.165) is 31.1 Å². The molecule has 1 saturated carbocycles. The summed E-state index contributed by atoms with van der Waals surface area (Å²) in [5.74, 6) is -1.85. The molecule has 0 aliphatic heterocycles. The number of esters is 4. The lowest BCUT2D eigenvalue weighted by molar-refractivity contribution is -0.154. The number of hydrogen-bond donors (Lipinski definition) is 0. The Morgan fingerprint density at radius 2 is 1.38 bits per heavy atom. The van der Waals surface area contributed by atoms with E-state index >= 15 is 0 Å². The highest BCUT2D eigenvalue weighted by Crippen LogP contribution is 2.24. The number of carbonyl (C=O) groups excluding carboxylic acids is 4. The highest BCUT2D eigenvalue weighted by molar-refractivity contribution is 5.89. The Balaban J connectivity index is 1.75. The average Bonchev–Trinajstić information content (AvgIpc) is 2.93. The second-order valence-electron chi connectivity index (χ2n) is 7.98. The van der Waals surface area contributed by atoms with Crippen molar-refractivity contribution >= 4 is 23.9 Å². The molecule has 1 unspecified atom stereocenters. The maximum Gasteiger partial charge on any atom is 0.338 e. The van der Waals surface area contributed by atoms with Crippen molar-refractivity contribution in [3.63, 3.8) is 0 Å². The van der Waals surface area contributed by atoms with E-state index in [9.17, 15) is 19.2 Å². The van der Waals surface area contributed by atoms with Crippen LogP contribution in [0, 0.1) is 0 Å². The van der Waals surface area contributed by atoms with Gasteiger partial charge in [0.25, 0.3) is 0 Å². The van der Waals surface area contributed by atoms with E-state index in [2.05, 4.69) is 19.7 Å². The predicted octanol–water partition coefficient (Wildman–Crippen LogP) is 3.11. The zero-order valence-corrected chi connectivity index (χ0v) is 20.6. The molecule has 1 atom stereocenters. The number of rotatable bonds is 15. The molecule has 10 heteroatoms. The first-order valence-corrected chi connectivity index (χ1v) is 11.8. The Hall–Kier alpha value is -3.92. The maximum atomic E-state index is 12.5. The van der Waals surface area contributed by atoms with Crippen molar-refractivity contribution in [2.24, 2.45) is 0 Å². The largest absolute Gasteiger partial charge is 0.490 e. The number of hydrogen-bond acceptors (Lipinski definition) is 10. The molecule has 0 amide bonds. The van der Waals surface area contributed by atoms with Gasteiger partial charge in [-0.15, -0.1) is 0 Å². The van der Waals surface area contributed by atoms with E-state index in [1.165, 1.54) is 0 Å². The Bertz CT molecular complexity index is 944. The van der Waals surface area contributed by atoms with Gasteiger partial charge in [-0.3, -0.25) is 0 Å². The molecule has 2 rings (SSSR count). The quantitative estimate of drug-likeness (QED) is 0.149. The highest BCUT2D eigenvalue weighted by atomic mass is 16.6. The summed E-state index contributed by atoms with van der Waals surface area (Å²) in [6.07, 6.45) is 4.87. The minimum atomic E-state index is -0.861. The van der Waals surface area contributed by atoms with Gasteiger partial charge in [-0.2, -0.15) is 0 Å². The molecule has 1 aromatic rings. The minimum Gasteiger partial charge on any atom is -0.490 e. The summed E-state index contributed by atoms with van der Waals surface area (Å²) in [6, 6.07) is 6.31. The summed E-state index contributed by atoms with van der Waals surface area (Å²) < 4.78 is 31.8. The molecule has 0 spiro atoms. The number of ether oxygens (including phenoxy) is 6. The maximum absolute atomic E-state index is 12.5. The lowest BCUT2D eigenvalue weighted by atomic mass is 9.95. The fraction of sp³-hybridized carbons (Fsp3) is 0.407. The van der Waals surface area contributed by atoms with E-state index in [1.807, 2.05) is 0 Å². The average molecular weight is 517 g/mol. The van der Waals surface area contributed by atoms with Crippen molar-refractivity contribution < 1.29 is 47.6 Å². The molecule has 10 nitrogen and oxygen atoms in total. The Morgan fingerprint density at radius 3 is 2.00 bits per heavy atom. The smallest absolute Gasteiger partial charge is 0.338 e. The van der Waals surface area contributed by atoms with Crippen LogP contribution in [-0.4, -0.2) is 68.6 Å². The Labute approximate surface area is 215 Å². The third-order valence-corrected chi connectivity index (χ3v) is 5.30. The topological polar surface area (TPSA) is 124 Å². The van der Waals surface area contributed by atoms with Crippen LogP contribution in [0.25, 0.3) is 0 Å². The normalized spacial score (nSPS) is 17.4. The molecule has 200 valence electrons. The van der Waals surface area contributed by atoms with Gasteiger partial charge < -0.3 is 28.4 Å². The van der Waals surface area contributed by atoms with Crippen LogP contribution in [0.4, 0.5) is 0 Å². The lowest BCUT2D eigenvalue weighted by Gasteiger charge is -2.28. The SMILES string of the molecule is C=CC(=O)OCCOC1CCC(OC(=O)c2ccc(OCC(COC(=O)C=C)OC(=O)C=C)cc2)CC1. The van der Waals surface area contributed by atoms with E-state index in [4.69, 9.17) is 28.4 Å². The van der Waals surface area contributed by atoms with Crippen molar-refractivity contribution in [2.75, 3.05) is 26.4 Å². The van der Waals surface area contributed by atoms with Crippen LogP contribution in [0.3, 0.4) is 0 Å². The molecule has 0 heterocycles. The second kappa shape index (κ2) is 15.9. The zero-order chi connectivity index (χ0) is 27.0. The van der Waals surface area contributed by atoms with E-state index in [1.54, 1.807) is 24.3 Å². The summed E-state index contributed by atoms with van der Waals surface area (Å²) in [7, 11) is 0. The van der Waals surface area contributed by atoms with Crippen LogP contribution in [0.1, 0.15) is 36.0 Å². The third kappa shape index (κ3) is 11.1. The van der Waals surface area contributed by atoms with Gasteiger partial charge >= 0.3 is 23.9 Å². The van der Waals surface area contributed by atoms with Crippen molar-refractivity contribution in [1.29, 1.82) is 0 Å². The second-order valence-corrected chi connectivity index (χ2v) is 7.98. The van der Waals surface area contributed by atoms with Crippen LogP contribution >= 0.6 is 0 Å². The first-order chi connectivity index (χ1) is 17.8. The fourth-order valence-corrected chi connectivity index (χ4v) is 3.39. The summed E-state index contributed by atoms with van der Waals surface area (Å²) in [4.78, 5) is 46.3. The van der Waals surface area contributed by atoms with Crippen molar-refractivity contribution in [2.45, 2.75) is 44.0 Å². The van der Waals surface area contributed by atoms with E-state index < -0.39 is 30.0 Å². The van der Waals surface area contributed by atoms with Crippen LogP contribution in [0.15, 0.2) is 62.2 Å². The molecule has 0 bridgehead atoms. The minimum absolute atomic E-state index is 0.0312. The van der Waals surface area contributed by atoms with Gasteiger partial charge in [0.15, 0.2) is 6.10 Å². The van der Waals surface area contributed by atoms with Gasteiger partial charge in [0.2, 0.25) is 0 Å². The van der Waals surface area contributed by atoms with Crippen LogP contribution in [0.2, 0.25) is 0 Å². The van der Waals surface area contributed by atoms with Gasteiger partial charge in [0, 0.05) is 18.2 Å². The van der Waals surface area contributed by atoms with Gasteiger partial charge in [0.1, 0.15) is 31.7 Å². The molecule has 0 aromatic heterocycles. The molecule has 1 fully saturated rings. The van der Waals surface area contributed by atoms with Gasteiger partial charge in [-0.1, -0.05) is 19.7 Å². The standard InChI is InChI=1S/C27H32O10/c1-4-24(28)33-16-15-32-20-11-13-22(14-12-20)37-27(31)19-7-9-21(10-8-19)34-17-23(36-26(30)6-3)18-35-25(29)5-2/h4-10,20,22-23H,1-3,11-18H2. The van der Waals surface area contributed by atoms with E-state index in [0.29, 0.717) is 30.8 Å². The molecule has 1 aromatic carbocycles. The molecule has 37 heavy (non-hydrogen) atoms. The highest BCUT2D eigenvalue weighted by Gasteiger charge is 2.25. The lowest BCUT2D eigenvalue weighted by Crippen LogP contribution is -2.30. The first-order valence-electron chi connectivity index (χ1n) is 11.8. The molecular weight excluding hydrogens is 484 g/mol. The summed E-state index contributed by atoms with van der Waals surface area (Å²) in [5.41, 5.74) is 0.365. The summed E-state index contributed by atoms with van der Waals surface area (Å²) >= 11 is 0. The third-order valence-electron chi connectivity index (χ3n) is 5.30. The summed E-state index contributed by atoms with van der Waals surface area (Å²) in [5, 5.41) is 0. The molecule has 1 aliphatic carbocycles. The van der Waals surface area contributed by atoms with Crippen molar-refractivity contribution in [3.05, 3.63) is 67.8 Å². The molecule has 1 aliphatic rings. The zero-order valence-electron chi connectivity index (χ0n) is 20.6. The predicted molar refractivity (Wildman–Crippen MR) is 132 cm³/mol. The monoisotopic (exact) mass is 516 g/mol. The summed E-state index contributed by atoms with van der Waals surface area (Å²) in [6.45, 7) is 10.1. The molecule has 0 N–H and O–H groups in total. The Morgan fingerprint density at radius 1 is 0.784 bits per heavy atom. The first kappa shape index (κ1) is 29.3. The van der Waals surface area contributed by atoms with Crippen molar-refractivity contribution in [3.8, 4) is 5.75 Å². The van der Waals surface area contributed by atoms with Crippen LogP contribution < -0.4 is 4.74 Å². The van der Waals surface area contributed by atoms with Gasteiger partial charge in [-0.25, -0.2) is 19.2 Å². The van der Waals surface area contributed by atoms with Gasteiger partial charge in [0.05, 0.1) is 18.3 Å². The van der Waals surface area contributed by atoms with Crippen molar-refractivity contribution in [1.82, 2.24) is 0 Å².